The molecule has 6 nitrogen and oxygen atoms in total. The topological polar surface area (TPSA) is 72.4 Å². The van der Waals surface area contributed by atoms with Crippen LogP contribution in [0.5, 0.6) is 0 Å². The van der Waals surface area contributed by atoms with E-state index in [1.54, 1.807) is 28.9 Å². The van der Waals surface area contributed by atoms with E-state index in [0.717, 1.165) is 11.4 Å². The molecule has 3 rings (SSSR count). The van der Waals surface area contributed by atoms with Crippen molar-refractivity contribution in [3.8, 4) is 0 Å². The molecule has 2 aromatic heterocycles. The first kappa shape index (κ1) is 17.9. The summed E-state index contributed by atoms with van der Waals surface area (Å²) in [7, 11) is 0. The van der Waals surface area contributed by atoms with Gasteiger partial charge in [0.25, 0.3) is 0 Å². The molecule has 134 valence electrons. The van der Waals surface area contributed by atoms with Crippen molar-refractivity contribution in [3.05, 3.63) is 75.7 Å². The highest BCUT2D eigenvalue weighted by Crippen LogP contribution is 2.20. The normalized spacial score (nSPS) is 11.2. The van der Waals surface area contributed by atoms with Crippen molar-refractivity contribution in [2.45, 2.75) is 20.4 Å². The van der Waals surface area contributed by atoms with Crippen molar-refractivity contribution in [3.63, 3.8) is 0 Å². The van der Waals surface area contributed by atoms with Crippen LogP contribution < -0.4 is 5.43 Å². The number of hydrogen-bond acceptors (Lipinski definition) is 4. The minimum absolute atomic E-state index is 0.115. The molecule has 0 bridgehead atoms. The van der Waals surface area contributed by atoms with E-state index in [9.17, 15) is 9.18 Å². The molecule has 0 aliphatic rings. The van der Waals surface area contributed by atoms with Gasteiger partial charge in [0.1, 0.15) is 11.6 Å². The van der Waals surface area contributed by atoms with Crippen LogP contribution in [0.2, 0.25) is 5.02 Å². The Labute approximate surface area is 154 Å². The fraction of sp³-hybridized carbons (Fsp3) is 0.167. The van der Waals surface area contributed by atoms with Gasteiger partial charge in [-0.15, -0.1) is 0 Å². The molecule has 0 atom stereocenters. The van der Waals surface area contributed by atoms with E-state index in [2.05, 4.69) is 15.6 Å². The van der Waals surface area contributed by atoms with Gasteiger partial charge in [-0.1, -0.05) is 23.7 Å². The van der Waals surface area contributed by atoms with Crippen molar-refractivity contribution in [2.75, 3.05) is 0 Å². The zero-order chi connectivity index (χ0) is 18.7. The minimum atomic E-state index is -0.504. The molecule has 2 heterocycles. The molecule has 0 spiro atoms. The molecule has 1 N–H and O–H groups in total. The van der Waals surface area contributed by atoms with Crippen LogP contribution in [0.4, 0.5) is 4.39 Å². The largest absolute Gasteiger partial charge is 0.454 e. The van der Waals surface area contributed by atoms with E-state index in [1.165, 1.54) is 18.3 Å². The second-order valence-corrected chi connectivity index (χ2v) is 6.04. The summed E-state index contributed by atoms with van der Waals surface area (Å²) in [6.45, 7) is 4.04. The molecule has 3 aromatic rings. The number of benzene rings is 1. The monoisotopic (exact) mass is 374 g/mol. The van der Waals surface area contributed by atoms with Crippen LogP contribution in [-0.2, 0) is 6.54 Å². The number of rotatable bonds is 5. The van der Waals surface area contributed by atoms with Gasteiger partial charge in [0.05, 0.1) is 29.2 Å². The van der Waals surface area contributed by atoms with Crippen molar-refractivity contribution < 1.29 is 13.6 Å². The Kier molecular flexibility index (Phi) is 5.18. The van der Waals surface area contributed by atoms with Gasteiger partial charge in [0, 0.05) is 0 Å². The fourth-order valence-electron chi connectivity index (χ4n) is 2.37. The molecule has 0 aliphatic carbocycles. The number of carbonyl (C=O) groups is 1. The summed E-state index contributed by atoms with van der Waals surface area (Å²) in [6.07, 6.45) is 1.35. The lowest BCUT2D eigenvalue weighted by molar-refractivity contribution is 0.0925. The number of halogens is 2. The summed E-state index contributed by atoms with van der Waals surface area (Å²) in [6, 6.07) is 9.10. The third-order valence-electron chi connectivity index (χ3n) is 3.71. The molecule has 0 saturated carbocycles. The number of hydrazone groups is 1. The van der Waals surface area contributed by atoms with Crippen LogP contribution in [0.1, 0.15) is 33.3 Å². The third-order valence-corrected chi connectivity index (χ3v) is 4.26. The minimum Gasteiger partial charge on any atom is -0.454 e. The molecule has 0 radical (unpaired) electrons. The highest BCUT2D eigenvalue weighted by molar-refractivity contribution is 6.31. The first-order valence-electron chi connectivity index (χ1n) is 7.81. The molecule has 8 heteroatoms. The molecule has 1 aromatic carbocycles. The summed E-state index contributed by atoms with van der Waals surface area (Å²) in [5.41, 5.74) is 4.44. The van der Waals surface area contributed by atoms with E-state index in [1.807, 2.05) is 13.8 Å². The molecular weight excluding hydrogens is 359 g/mol. The van der Waals surface area contributed by atoms with E-state index in [4.69, 9.17) is 16.0 Å². The second kappa shape index (κ2) is 7.53. The van der Waals surface area contributed by atoms with Gasteiger partial charge in [-0.05, 0) is 43.7 Å². The summed E-state index contributed by atoms with van der Waals surface area (Å²) >= 11 is 6.12. The molecule has 0 unspecified atom stereocenters. The molecule has 0 saturated heterocycles. The fourth-order valence-corrected chi connectivity index (χ4v) is 2.50. The smallest absolute Gasteiger partial charge is 0.307 e. The Balaban J connectivity index is 1.63. The molecule has 0 aliphatic heterocycles. The van der Waals surface area contributed by atoms with Crippen LogP contribution >= 0.6 is 11.6 Å². The van der Waals surface area contributed by atoms with Crippen molar-refractivity contribution >= 4 is 23.7 Å². The second-order valence-electron chi connectivity index (χ2n) is 5.66. The number of carbonyl (C=O) groups excluding carboxylic acids is 1. The predicted molar refractivity (Wildman–Crippen MR) is 96.0 cm³/mol. The van der Waals surface area contributed by atoms with Crippen LogP contribution in [-0.4, -0.2) is 21.9 Å². The standard InChI is InChI=1S/C18H16ClFN4O2/c1-11-17(19)12(2)24(23-11)10-15-6-7-16(26-15)18(25)22-21-9-13-4-3-5-14(20)8-13/h3-9H,10H2,1-2H3,(H,22,25). The Morgan fingerprint density at radius 3 is 2.88 bits per heavy atom. The maximum Gasteiger partial charge on any atom is 0.307 e. The van der Waals surface area contributed by atoms with E-state index in [0.29, 0.717) is 22.9 Å². The number of aryl methyl sites for hydroxylation is 1. The Morgan fingerprint density at radius 1 is 1.38 bits per heavy atom. The van der Waals surface area contributed by atoms with Crippen LogP contribution in [0.3, 0.4) is 0 Å². The van der Waals surface area contributed by atoms with Gasteiger partial charge in [-0.3, -0.25) is 9.48 Å². The number of hydrogen-bond donors (Lipinski definition) is 1. The van der Waals surface area contributed by atoms with E-state index >= 15 is 0 Å². The Bertz CT molecular complexity index is 977. The van der Waals surface area contributed by atoms with Gasteiger partial charge in [-0.25, -0.2) is 9.82 Å². The summed E-state index contributed by atoms with van der Waals surface area (Å²) in [4.78, 5) is 12.1. The van der Waals surface area contributed by atoms with Gasteiger partial charge in [-0.2, -0.15) is 10.2 Å². The maximum atomic E-state index is 13.1. The summed E-state index contributed by atoms with van der Waals surface area (Å²) < 4.78 is 20.3. The SMILES string of the molecule is Cc1nn(Cc2ccc(C(=O)NN=Cc3cccc(F)c3)o2)c(C)c1Cl. The van der Waals surface area contributed by atoms with Gasteiger partial charge in [0.15, 0.2) is 5.76 Å². The number of aromatic nitrogens is 2. The van der Waals surface area contributed by atoms with Crippen molar-refractivity contribution in [1.29, 1.82) is 0 Å². The number of nitrogens with zero attached hydrogens (tertiary/aromatic N) is 3. The van der Waals surface area contributed by atoms with Gasteiger partial charge >= 0.3 is 5.91 Å². The maximum absolute atomic E-state index is 13.1. The third kappa shape index (κ3) is 4.00. The number of nitrogens with one attached hydrogen (secondary N) is 1. The molecular formula is C18H16ClFN4O2. The summed E-state index contributed by atoms with van der Waals surface area (Å²) in [5, 5.41) is 8.73. The molecule has 0 fully saturated rings. The van der Waals surface area contributed by atoms with E-state index in [-0.39, 0.29) is 11.6 Å². The molecule has 1 amide bonds. The Morgan fingerprint density at radius 2 is 2.19 bits per heavy atom. The lowest BCUT2D eigenvalue weighted by atomic mass is 10.2. The first-order chi connectivity index (χ1) is 12.4. The van der Waals surface area contributed by atoms with Crippen molar-refractivity contribution in [2.24, 2.45) is 5.10 Å². The average Bonchev–Trinajstić information content (AvgIpc) is 3.16. The Hall–Kier alpha value is -2.93. The zero-order valence-corrected chi connectivity index (χ0v) is 14.9. The van der Waals surface area contributed by atoms with Crippen LogP contribution in [0.25, 0.3) is 0 Å². The van der Waals surface area contributed by atoms with Gasteiger partial charge in [0.2, 0.25) is 0 Å². The molecule has 26 heavy (non-hydrogen) atoms. The highest BCUT2D eigenvalue weighted by atomic mass is 35.5. The lowest BCUT2D eigenvalue weighted by Gasteiger charge is -2.01. The highest BCUT2D eigenvalue weighted by Gasteiger charge is 2.14. The van der Waals surface area contributed by atoms with Crippen LogP contribution in [0.15, 0.2) is 45.9 Å². The summed E-state index contributed by atoms with van der Waals surface area (Å²) in [5.74, 6) is -0.203. The lowest BCUT2D eigenvalue weighted by Crippen LogP contribution is -2.16. The predicted octanol–water partition coefficient (Wildman–Crippen LogP) is 3.70. The zero-order valence-electron chi connectivity index (χ0n) is 14.2. The average molecular weight is 375 g/mol. The van der Waals surface area contributed by atoms with Gasteiger partial charge < -0.3 is 4.42 Å². The first-order valence-corrected chi connectivity index (χ1v) is 8.19. The number of amides is 1. The quantitative estimate of drug-likeness (QED) is 0.546. The number of furan rings is 1. The van der Waals surface area contributed by atoms with Crippen molar-refractivity contribution in [1.82, 2.24) is 15.2 Å². The van der Waals surface area contributed by atoms with E-state index < -0.39 is 5.91 Å². The van der Waals surface area contributed by atoms with Crippen LogP contribution in [0, 0.1) is 19.7 Å².